The van der Waals surface area contributed by atoms with Gasteiger partial charge in [0.25, 0.3) is 0 Å². The lowest BCUT2D eigenvalue weighted by molar-refractivity contribution is 0.468. The van der Waals surface area contributed by atoms with E-state index in [1.165, 1.54) is 12.8 Å². The summed E-state index contributed by atoms with van der Waals surface area (Å²) in [5.74, 6) is 1.74. The maximum atomic E-state index is 4.01. The van der Waals surface area contributed by atoms with Crippen molar-refractivity contribution < 1.29 is 0 Å². The van der Waals surface area contributed by atoms with Gasteiger partial charge in [-0.2, -0.15) is 0 Å². The van der Waals surface area contributed by atoms with Gasteiger partial charge < -0.3 is 9.88 Å². The van der Waals surface area contributed by atoms with Gasteiger partial charge in [0.05, 0.1) is 6.54 Å². The maximum absolute atomic E-state index is 4.01. The number of nitrogens with one attached hydrogen (secondary N) is 1. The highest BCUT2D eigenvalue weighted by molar-refractivity contribution is 4.82. The highest BCUT2D eigenvalue weighted by Crippen LogP contribution is 2.02. The molecule has 4 nitrogen and oxygen atoms in total. The highest BCUT2D eigenvalue weighted by Gasteiger charge is 2.02. The van der Waals surface area contributed by atoms with E-state index in [4.69, 9.17) is 0 Å². The molecule has 14 heavy (non-hydrogen) atoms. The zero-order valence-electron chi connectivity index (χ0n) is 9.32. The average Bonchev–Trinajstić information content (AvgIpc) is 2.52. The van der Waals surface area contributed by atoms with Crippen LogP contribution in [-0.2, 0) is 13.6 Å². The molecule has 1 aromatic rings. The fraction of sp³-hybridized carbons (Fsp3) is 0.800. The molecule has 0 amide bonds. The third-order valence-corrected chi connectivity index (χ3v) is 2.36. The molecule has 0 aliphatic rings. The van der Waals surface area contributed by atoms with Crippen molar-refractivity contribution in [2.24, 2.45) is 13.0 Å². The molecule has 0 aromatic carbocycles. The summed E-state index contributed by atoms with van der Waals surface area (Å²) in [5, 5.41) is 11.2. The van der Waals surface area contributed by atoms with Crippen molar-refractivity contribution in [2.45, 2.75) is 33.2 Å². The lowest BCUT2D eigenvalue weighted by Gasteiger charge is -2.10. The SMILES string of the molecule is CCCC(C)CNCc1nncn1C. The second kappa shape index (κ2) is 5.75. The Morgan fingerprint density at radius 2 is 2.36 bits per heavy atom. The first kappa shape index (κ1) is 11.2. The van der Waals surface area contributed by atoms with Crippen molar-refractivity contribution in [1.82, 2.24) is 20.1 Å². The quantitative estimate of drug-likeness (QED) is 0.746. The standard InChI is InChI=1S/C10H20N4/c1-4-5-9(2)6-11-7-10-13-12-8-14(10)3/h8-9,11H,4-7H2,1-3H3. The van der Waals surface area contributed by atoms with Crippen molar-refractivity contribution in [3.05, 3.63) is 12.2 Å². The normalized spacial score (nSPS) is 13.1. The molecule has 1 unspecified atom stereocenters. The van der Waals surface area contributed by atoms with Crippen LogP contribution in [0.25, 0.3) is 0 Å². The smallest absolute Gasteiger partial charge is 0.146 e. The third-order valence-electron chi connectivity index (χ3n) is 2.36. The van der Waals surface area contributed by atoms with Crippen molar-refractivity contribution >= 4 is 0 Å². The van der Waals surface area contributed by atoms with Crippen LogP contribution in [0.4, 0.5) is 0 Å². The van der Waals surface area contributed by atoms with Crippen LogP contribution in [0.1, 0.15) is 32.5 Å². The van der Waals surface area contributed by atoms with Crippen molar-refractivity contribution in [2.75, 3.05) is 6.54 Å². The van der Waals surface area contributed by atoms with Crippen LogP contribution in [0.2, 0.25) is 0 Å². The van der Waals surface area contributed by atoms with E-state index in [0.29, 0.717) is 0 Å². The van der Waals surface area contributed by atoms with E-state index in [1.807, 2.05) is 11.6 Å². The summed E-state index contributed by atoms with van der Waals surface area (Å²) in [6, 6.07) is 0. The van der Waals surface area contributed by atoms with E-state index in [1.54, 1.807) is 6.33 Å². The van der Waals surface area contributed by atoms with E-state index in [0.717, 1.165) is 24.8 Å². The van der Waals surface area contributed by atoms with Gasteiger partial charge in [0.15, 0.2) is 0 Å². The molecular formula is C10H20N4. The monoisotopic (exact) mass is 196 g/mol. The number of rotatable bonds is 6. The summed E-state index contributed by atoms with van der Waals surface area (Å²) in [7, 11) is 1.96. The molecule has 0 saturated heterocycles. The number of aromatic nitrogens is 3. The lowest BCUT2D eigenvalue weighted by Crippen LogP contribution is -2.22. The number of aryl methyl sites for hydroxylation is 1. The van der Waals surface area contributed by atoms with Crippen LogP contribution < -0.4 is 5.32 Å². The van der Waals surface area contributed by atoms with E-state index in [-0.39, 0.29) is 0 Å². The molecule has 1 N–H and O–H groups in total. The first-order valence-electron chi connectivity index (χ1n) is 5.27. The zero-order valence-corrected chi connectivity index (χ0v) is 9.32. The van der Waals surface area contributed by atoms with Gasteiger partial charge in [-0.1, -0.05) is 20.3 Å². The highest BCUT2D eigenvalue weighted by atomic mass is 15.3. The summed E-state index contributed by atoms with van der Waals surface area (Å²) in [4.78, 5) is 0. The predicted molar refractivity (Wildman–Crippen MR) is 56.8 cm³/mol. The molecule has 0 saturated carbocycles. The molecule has 1 aromatic heterocycles. The molecule has 1 rings (SSSR count). The molecular weight excluding hydrogens is 176 g/mol. The molecule has 0 aliphatic heterocycles. The second-order valence-electron chi connectivity index (χ2n) is 3.88. The van der Waals surface area contributed by atoms with Crippen LogP contribution in [0.15, 0.2) is 6.33 Å². The van der Waals surface area contributed by atoms with Crippen LogP contribution in [0, 0.1) is 5.92 Å². The molecule has 0 spiro atoms. The molecule has 1 atom stereocenters. The summed E-state index contributed by atoms with van der Waals surface area (Å²) in [6.07, 6.45) is 4.27. The topological polar surface area (TPSA) is 42.7 Å². The lowest BCUT2D eigenvalue weighted by atomic mass is 10.1. The second-order valence-corrected chi connectivity index (χ2v) is 3.88. The first-order chi connectivity index (χ1) is 6.74. The largest absolute Gasteiger partial charge is 0.320 e. The van der Waals surface area contributed by atoms with E-state index in [2.05, 4.69) is 29.4 Å². The summed E-state index contributed by atoms with van der Waals surface area (Å²) in [6.45, 7) is 6.36. The number of hydrogen-bond acceptors (Lipinski definition) is 3. The van der Waals surface area contributed by atoms with Crippen molar-refractivity contribution in [1.29, 1.82) is 0 Å². The van der Waals surface area contributed by atoms with E-state index in [9.17, 15) is 0 Å². The molecule has 80 valence electrons. The Morgan fingerprint density at radius 3 is 2.93 bits per heavy atom. The van der Waals surface area contributed by atoms with E-state index >= 15 is 0 Å². The molecule has 0 fully saturated rings. The third kappa shape index (κ3) is 3.46. The summed E-state index contributed by atoms with van der Waals surface area (Å²) >= 11 is 0. The van der Waals surface area contributed by atoms with Crippen molar-refractivity contribution in [3.63, 3.8) is 0 Å². The Bertz CT molecular complexity index is 256. The van der Waals surface area contributed by atoms with Gasteiger partial charge in [0.2, 0.25) is 0 Å². The number of hydrogen-bond donors (Lipinski definition) is 1. The summed E-state index contributed by atoms with van der Waals surface area (Å²) in [5.41, 5.74) is 0. The number of nitrogens with zero attached hydrogens (tertiary/aromatic N) is 3. The van der Waals surface area contributed by atoms with Gasteiger partial charge in [-0.25, -0.2) is 0 Å². The summed E-state index contributed by atoms with van der Waals surface area (Å²) < 4.78 is 1.94. The maximum Gasteiger partial charge on any atom is 0.146 e. The Balaban J connectivity index is 2.19. The van der Waals surface area contributed by atoms with Gasteiger partial charge in [0, 0.05) is 7.05 Å². The van der Waals surface area contributed by atoms with Gasteiger partial charge >= 0.3 is 0 Å². The molecule has 0 bridgehead atoms. The molecule has 1 heterocycles. The zero-order chi connectivity index (χ0) is 10.4. The van der Waals surface area contributed by atoms with Gasteiger partial charge in [-0.05, 0) is 18.9 Å². The minimum Gasteiger partial charge on any atom is -0.320 e. The van der Waals surface area contributed by atoms with E-state index < -0.39 is 0 Å². The average molecular weight is 196 g/mol. The Morgan fingerprint density at radius 1 is 1.57 bits per heavy atom. The Labute approximate surface area is 85.7 Å². The Kier molecular flexibility index (Phi) is 4.59. The van der Waals surface area contributed by atoms with Crippen LogP contribution in [0.5, 0.6) is 0 Å². The molecule has 0 radical (unpaired) electrons. The van der Waals surface area contributed by atoms with Crippen LogP contribution >= 0.6 is 0 Å². The minimum absolute atomic E-state index is 0.744. The minimum atomic E-state index is 0.744. The van der Waals surface area contributed by atoms with Gasteiger partial charge in [-0.15, -0.1) is 10.2 Å². The van der Waals surface area contributed by atoms with Crippen LogP contribution in [0.3, 0.4) is 0 Å². The molecule has 4 heteroatoms. The molecule has 0 aliphatic carbocycles. The van der Waals surface area contributed by atoms with Crippen LogP contribution in [-0.4, -0.2) is 21.3 Å². The first-order valence-corrected chi connectivity index (χ1v) is 5.27. The van der Waals surface area contributed by atoms with Crippen molar-refractivity contribution in [3.8, 4) is 0 Å². The van der Waals surface area contributed by atoms with Gasteiger partial charge in [0.1, 0.15) is 12.2 Å². The fourth-order valence-corrected chi connectivity index (χ4v) is 1.49. The van der Waals surface area contributed by atoms with Gasteiger partial charge in [-0.3, -0.25) is 0 Å². The fourth-order valence-electron chi connectivity index (χ4n) is 1.49. The predicted octanol–water partition coefficient (Wildman–Crippen LogP) is 1.34. The Hall–Kier alpha value is -0.900.